The van der Waals surface area contributed by atoms with E-state index in [9.17, 15) is 9.59 Å². The number of fused-ring (bicyclic) bond motifs is 1. The van der Waals surface area contributed by atoms with E-state index >= 15 is 0 Å². The van der Waals surface area contributed by atoms with Crippen molar-refractivity contribution in [2.75, 3.05) is 0 Å². The van der Waals surface area contributed by atoms with Gasteiger partial charge in [0.05, 0.1) is 24.4 Å². The van der Waals surface area contributed by atoms with Crippen molar-refractivity contribution in [3.8, 4) is 22.8 Å². The lowest BCUT2D eigenvalue weighted by molar-refractivity contribution is -0.138. The summed E-state index contributed by atoms with van der Waals surface area (Å²) in [5.41, 5.74) is 1.33. The lowest BCUT2D eigenvalue weighted by atomic mass is 9.47. The average Bonchev–Trinajstić information content (AvgIpc) is 3.88. The van der Waals surface area contributed by atoms with Crippen LogP contribution in [-0.4, -0.2) is 46.9 Å². The maximum atomic E-state index is 11.2. The standard InChI is InChI=1S/C14H16O2.C10H13ClO.C9H7BO5.C4H5BO3.CH4/c1-14(2,3)16-12-8-6-11(7-9-12)13-5-4-10-15-13;1-10(2,3)12-9-6-4-8(11)5-7-9;11-8-4-6-5-9(12)15-10(6,14-8)7-2-1-3-13-7;6-5(7)4-2-1-3-8-4;/h4-10H,1-3H3;4-7H,1-3H3;1-3H,4-5H2;1-3,6-7H;1H4. The summed E-state index contributed by atoms with van der Waals surface area (Å²) in [5, 5.41) is 17.5. The Morgan fingerprint density at radius 3 is 1.58 bits per heavy atom. The van der Waals surface area contributed by atoms with Gasteiger partial charge < -0.3 is 42.1 Å². The Balaban J connectivity index is 0.000000191. The van der Waals surface area contributed by atoms with E-state index in [2.05, 4.69) is 4.42 Å². The van der Waals surface area contributed by atoms with Crippen LogP contribution in [0.1, 0.15) is 61.8 Å². The summed E-state index contributed by atoms with van der Waals surface area (Å²) in [4.78, 5) is 22.4. The second-order valence-electron chi connectivity index (χ2n) is 13.5. The zero-order valence-corrected chi connectivity index (χ0v) is 30.1. The van der Waals surface area contributed by atoms with Gasteiger partial charge in [-0.2, -0.15) is 0 Å². The molecule has 2 aliphatic rings. The number of carbonyl (C=O) groups excluding carboxylic acids is 2. The molecule has 0 atom stereocenters. The van der Waals surface area contributed by atoms with Gasteiger partial charge in [-0.05, 0) is 126 Å². The van der Waals surface area contributed by atoms with Gasteiger partial charge in [-0.15, -0.1) is 0 Å². The summed E-state index contributed by atoms with van der Waals surface area (Å²) < 4.78 is 36.7. The molecule has 0 saturated carbocycles. The van der Waals surface area contributed by atoms with Crippen LogP contribution in [0.4, 0.5) is 0 Å². The molecule has 276 valence electrons. The van der Waals surface area contributed by atoms with E-state index in [1.54, 1.807) is 24.5 Å². The minimum Gasteiger partial charge on any atom is -0.608 e. The molecule has 0 aliphatic carbocycles. The highest BCUT2D eigenvalue weighted by atomic mass is 35.5. The molecule has 2 fully saturated rings. The fourth-order valence-electron chi connectivity index (χ4n) is 4.95. The maximum Gasteiger partial charge on any atom is 0.622 e. The van der Waals surface area contributed by atoms with Crippen LogP contribution in [0.5, 0.6) is 11.5 Å². The van der Waals surface area contributed by atoms with Gasteiger partial charge in [-0.1, -0.05) is 19.0 Å². The Morgan fingerprint density at radius 1 is 0.692 bits per heavy atom. The quantitative estimate of drug-likeness (QED) is 0.140. The van der Waals surface area contributed by atoms with E-state index in [1.165, 1.54) is 18.6 Å². The highest BCUT2D eigenvalue weighted by Gasteiger charge is 2.67. The molecule has 14 heteroatoms. The van der Waals surface area contributed by atoms with Crippen LogP contribution in [0.3, 0.4) is 0 Å². The van der Waals surface area contributed by atoms with Gasteiger partial charge in [0.25, 0.3) is 0 Å². The van der Waals surface area contributed by atoms with Crippen LogP contribution >= 0.6 is 11.6 Å². The summed E-state index contributed by atoms with van der Waals surface area (Å²) in [7, 11) is -1.48. The molecule has 0 radical (unpaired) electrons. The molecule has 5 heterocycles. The second kappa shape index (κ2) is 18.0. The Morgan fingerprint density at radius 2 is 1.17 bits per heavy atom. The van der Waals surface area contributed by atoms with E-state index < -0.39 is 13.7 Å². The highest BCUT2D eigenvalue weighted by molar-refractivity contribution is 6.90. The number of hydrogen-bond donors (Lipinski definition) is 2. The molecule has 52 heavy (non-hydrogen) atoms. The molecular weight excluding hydrogens is 689 g/mol. The number of halogens is 1. The number of benzene rings is 2. The molecule has 5 aromatic rings. The first kappa shape index (κ1) is 41.5. The first-order valence-electron chi connectivity index (χ1n) is 16.2. The highest BCUT2D eigenvalue weighted by Crippen LogP contribution is 2.40. The van der Waals surface area contributed by atoms with Crippen molar-refractivity contribution < 1.29 is 51.7 Å². The van der Waals surface area contributed by atoms with Gasteiger partial charge in [0, 0.05) is 16.4 Å². The Labute approximate surface area is 309 Å². The van der Waals surface area contributed by atoms with Gasteiger partial charge in [0.1, 0.15) is 47.0 Å². The predicted molar refractivity (Wildman–Crippen MR) is 200 cm³/mol. The van der Waals surface area contributed by atoms with Crippen LogP contribution in [0, 0.1) is 5.82 Å². The average molecular weight is 735 g/mol. The van der Waals surface area contributed by atoms with Crippen LogP contribution < -0.4 is 20.8 Å². The minimum absolute atomic E-state index is 0. The minimum atomic E-state index is -2.11. The summed E-state index contributed by atoms with van der Waals surface area (Å²) in [5.74, 6) is 2.56. The fourth-order valence-corrected chi connectivity index (χ4v) is 5.08. The van der Waals surface area contributed by atoms with Crippen molar-refractivity contribution in [3.63, 3.8) is 0 Å². The topological polar surface area (TPSA) is 151 Å². The van der Waals surface area contributed by atoms with Crippen LogP contribution in [0.2, 0.25) is 5.02 Å². The van der Waals surface area contributed by atoms with E-state index in [1.807, 2.05) is 102 Å². The molecule has 0 bridgehead atoms. The van der Waals surface area contributed by atoms with Crippen molar-refractivity contribution in [2.24, 2.45) is 0 Å². The van der Waals surface area contributed by atoms with Gasteiger partial charge in [-0.3, -0.25) is 9.59 Å². The predicted octanol–water partition coefficient (Wildman–Crippen LogP) is 7.17. The molecule has 2 aromatic carbocycles. The normalized spacial score (nSPS) is 14.1. The third-order valence-corrected chi connectivity index (χ3v) is 7.16. The number of furan rings is 3. The molecule has 2 saturated heterocycles. The SMILES string of the molecule is C.CC(C)(C)Oc1ccc(-c2ccco2)cc1.CC(C)(C)Oc1ccc(Cl)cc1.O=C1C[C+]2CC(=O)O[B-]2(c2ccco2)O1.OB(O)c1ccco1. The Kier molecular flexibility index (Phi) is 14.3. The lowest BCUT2D eigenvalue weighted by Gasteiger charge is -2.21. The van der Waals surface area contributed by atoms with E-state index in [4.69, 9.17) is 49.3 Å². The zero-order chi connectivity index (χ0) is 37.2. The molecule has 2 N–H and O–H groups in total. The van der Waals surface area contributed by atoms with Crippen molar-refractivity contribution in [1.29, 1.82) is 0 Å². The molecular formula is C38H45B2ClO11. The van der Waals surface area contributed by atoms with Crippen molar-refractivity contribution in [1.82, 2.24) is 0 Å². The molecule has 11 nitrogen and oxygen atoms in total. The third kappa shape index (κ3) is 12.4. The molecule has 3 aromatic heterocycles. The molecule has 0 spiro atoms. The van der Waals surface area contributed by atoms with E-state index in [0.717, 1.165) is 27.8 Å². The Bertz CT molecular complexity index is 1750. The molecule has 0 unspecified atom stereocenters. The van der Waals surface area contributed by atoms with E-state index in [0.29, 0.717) is 11.5 Å². The van der Waals surface area contributed by atoms with E-state index in [-0.39, 0.29) is 49.1 Å². The van der Waals surface area contributed by atoms with Gasteiger partial charge >= 0.3 is 25.6 Å². The zero-order valence-electron chi connectivity index (χ0n) is 29.3. The summed E-state index contributed by atoms with van der Waals surface area (Å²) in [6.07, 6.45) is 4.81. The first-order chi connectivity index (χ1) is 24.0. The van der Waals surface area contributed by atoms with Crippen LogP contribution in [0.25, 0.3) is 11.3 Å². The molecule has 7 rings (SSSR count). The van der Waals surface area contributed by atoms with Crippen LogP contribution in [0.15, 0.2) is 117 Å². The fraction of sp³-hybridized carbons (Fsp3) is 0.289. The molecule has 2 aliphatic heterocycles. The monoisotopic (exact) mass is 734 g/mol. The second-order valence-corrected chi connectivity index (χ2v) is 13.9. The number of carbonyl (C=O) groups is 2. The largest absolute Gasteiger partial charge is 0.622 e. The smallest absolute Gasteiger partial charge is 0.608 e. The number of ether oxygens (including phenoxy) is 2. The van der Waals surface area contributed by atoms with Crippen molar-refractivity contribution in [2.45, 2.75) is 73.0 Å². The summed E-state index contributed by atoms with van der Waals surface area (Å²) in [6, 6.07) is 25.5. The summed E-state index contributed by atoms with van der Waals surface area (Å²) in [6.45, 7) is 10.0. The first-order valence-corrected chi connectivity index (χ1v) is 16.5. The number of hydrogen-bond acceptors (Lipinski definition) is 11. The van der Waals surface area contributed by atoms with Crippen molar-refractivity contribution in [3.05, 3.63) is 115 Å². The molecule has 0 amide bonds. The van der Waals surface area contributed by atoms with Gasteiger partial charge in [0.2, 0.25) is 0 Å². The van der Waals surface area contributed by atoms with Crippen LogP contribution in [-0.2, 0) is 18.9 Å². The van der Waals surface area contributed by atoms with Gasteiger partial charge in [0.15, 0.2) is 0 Å². The van der Waals surface area contributed by atoms with Gasteiger partial charge in [-0.25, -0.2) is 0 Å². The Hall–Kier alpha value is -4.97. The number of rotatable bonds is 5. The maximum absolute atomic E-state index is 11.2. The third-order valence-electron chi connectivity index (χ3n) is 6.91. The lowest BCUT2D eigenvalue weighted by Crippen LogP contribution is -2.51. The van der Waals surface area contributed by atoms with Crippen molar-refractivity contribution >= 4 is 48.5 Å². The summed E-state index contributed by atoms with van der Waals surface area (Å²) >= 11 is 5.73.